The van der Waals surface area contributed by atoms with E-state index in [1.807, 2.05) is 0 Å². The maximum atomic E-state index is 10.8. The fourth-order valence-electron chi connectivity index (χ4n) is 1.17. The Bertz CT molecular complexity index is 452. The van der Waals surface area contributed by atoms with Gasteiger partial charge in [0, 0.05) is 13.0 Å². The fraction of sp³-hybridized carbons (Fsp3) is 0.273. The molecule has 84 valence electrons. The van der Waals surface area contributed by atoms with E-state index < -0.39 is 5.97 Å². The van der Waals surface area contributed by atoms with Crippen molar-refractivity contribution in [2.24, 2.45) is 0 Å². The van der Waals surface area contributed by atoms with Gasteiger partial charge in [-0.25, -0.2) is 9.78 Å². The minimum atomic E-state index is -1.04. The molecule has 1 rings (SSSR count). The Morgan fingerprint density at radius 2 is 2.44 bits per heavy atom. The van der Waals surface area contributed by atoms with Crippen LogP contribution in [0.4, 0.5) is 5.82 Å². The number of nitrogens with zero attached hydrogens (tertiary/aromatic N) is 1. The minimum absolute atomic E-state index is 0.104. The van der Waals surface area contributed by atoms with Crippen LogP contribution < -0.4 is 5.32 Å². The van der Waals surface area contributed by atoms with Crippen molar-refractivity contribution in [3.63, 3.8) is 0 Å². The quantitative estimate of drug-likeness (QED) is 0.624. The number of rotatable bonds is 4. The molecule has 16 heavy (non-hydrogen) atoms. The average Bonchev–Trinajstić information content (AvgIpc) is 2.22. The van der Waals surface area contributed by atoms with E-state index in [1.54, 1.807) is 6.92 Å². The van der Waals surface area contributed by atoms with Crippen molar-refractivity contribution in [2.75, 3.05) is 11.9 Å². The van der Waals surface area contributed by atoms with Gasteiger partial charge >= 0.3 is 5.97 Å². The van der Waals surface area contributed by atoms with E-state index in [4.69, 9.17) is 23.1 Å². The predicted octanol–water partition coefficient (Wildman–Crippen LogP) is 2.18. The van der Waals surface area contributed by atoms with Gasteiger partial charge in [-0.15, -0.1) is 12.3 Å². The zero-order chi connectivity index (χ0) is 12.1. The lowest BCUT2D eigenvalue weighted by molar-refractivity contribution is 0.0695. The first-order valence-corrected chi connectivity index (χ1v) is 5.02. The van der Waals surface area contributed by atoms with Crippen LogP contribution in [-0.4, -0.2) is 22.6 Å². The molecule has 0 aliphatic carbocycles. The molecule has 0 saturated heterocycles. The topological polar surface area (TPSA) is 62.2 Å². The van der Waals surface area contributed by atoms with Crippen LogP contribution in [0.1, 0.15) is 22.5 Å². The number of hydrogen-bond donors (Lipinski definition) is 2. The number of carboxylic acid groups (broad SMARTS) is 1. The zero-order valence-electron chi connectivity index (χ0n) is 8.75. The lowest BCUT2D eigenvalue weighted by atomic mass is 10.2. The number of aromatic nitrogens is 1. The number of terminal acetylenes is 1. The largest absolute Gasteiger partial charge is 0.478 e. The lowest BCUT2D eigenvalue weighted by Crippen LogP contribution is -2.07. The second kappa shape index (κ2) is 5.38. The number of hydrogen-bond acceptors (Lipinski definition) is 3. The van der Waals surface area contributed by atoms with Gasteiger partial charge in [-0.3, -0.25) is 0 Å². The molecule has 0 bridgehead atoms. The summed E-state index contributed by atoms with van der Waals surface area (Å²) in [5.74, 6) is 1.89. The molecule has 0 atom stereocenters. The summed E-state index contributed by atoms with van der Waals surface area (Å²) >= 11 is 5.88. The second-order valence-corrected chi connectivity index (χ2v) is 3.55. The minimum Gasteiger partial charge on any atom is -0.478 e. The molecular weight excluding hydrogens is 228 g/mol. The summed E-state index contributed by atoms with van der Waals surface area (Å²) in [6, 6.07) is 1.38. The van der Waals surface area contributed by atoms with Crippen molar-refractivity contribution in [1.82, 2.24) is 4.98 Å². The van der Waals surface area contributed by atoms with Crippen molar-refractivity contribution in [3.8, 4) is 12.3 Å². The van der Waals surface area contributed by atoms with E-state index in [2.05, 4.69) is 16.2 Å². The SMILES string of the molecule is C#CCCNc1nc(C)c(C(=O)O)cc1Cl. The van der Waals surface area contributed by atoms with Crippen LogP contribution >= 0.6 is 11.6 Å². The van der Waals surface area contributed by atoms with Crippen LogP contribution in [0.5, 0.6) is 0 Å². The maximum Gasteiger partial charge on any atom is 0.337 e. The molecule has 0 aliphatic heterocycles. The highest BCUT2D eigenvalue weighted by Gasteiger charge is 2.12. The van der Waals surface area contributed by atoms with Crippen molar-refractivity contribution in [1.29, 1.82) is 0 Å². The van der Waals surface area contributed by atoms with Gasteiger partial charge in [0.15, 0.2) is 0 Å². The molecule has 0 fully saturated rings. The summed E-state index contributed by atoms with van der Waals surface area (Å²) in [4.78, 5) is 14.9. The average molecular weight is 239 g/mol. The number of anilines is 1. The lowest BCUT2D eigenvalue weighted by Gasteiger charge is -2.08. The summed E-state index contributed by atoms with van der Waals surface area (Å²) in [7, 11) is 0. The third-order valence-corrected chi connectivity index (χ3v) is 2.25. The first kappa shape index (κ1) is 12.3. The van der Waals surface area contributed by atoms with Gasteiger partial charge in [0.25, 0.3) is 0 Å². The van der Waals surface area contributed by atoms with E-state index in [-0.39, 0.29) is 10.6 Å². The Balaban J connectivity index is 2.93. The molecule has 0 aromatic carbocycles. The Labute approximate surface area is 98.6 Å². The number of carbonyl (C=O) groups is 1. The number of aromatic carboxylic acids is 1. The number of pyridine rings is 1. The molecule has 0 aliphatic rings. The molecule has 1 heterocycles. The first-order chi connectivity index (χ1) is 7.56. The van der Waals surface area contributed by atoms with Gasteiger partial charge in [0.2, 0.25) is 0 Å². The van der Waals surface area contributed by atoms with Gasteiger partial charge in [0.1, 0.15) is 5.82 Å². The van der Waals surface area contributed by atoms with E-state index in [1.165, 1.54) is 6.07 Å². The number of aryl methyl sites for hydroxylation is 1. The Morgan fingerprint density at radius 1 is 1.75 bits per heavy atom. The van der Waals surface area contributed by atoms with E-state index in [0.717, 1.165) is 0 Å². The third-order valence-electron chi connectivity index (χ3n) is 1.96. The Kier molecular flexibility index (Phi) is 4.15. The molecule has 0 radical (unpaired) electrons. The van der Waals surface area contributed by atoms with E-state index in [0.29, 0.717) is 24.5 Å². The van der Waals surface area contributed by atoms with Crippen LogP contribution in [0.15, 0.2) is 6.07 Å². The van der Waals surface area contributed by atoms with Crippen LogP contribution in [0.2, 0.25) is 5.02 Å². The predicted molar refractivity (Wildman–Crippen MR) is 62.9 cm³/mol. The summed E-state index contributed by atoms with van der Waals surface area (Å²) in [6.45, 7) is 2.17. The van der Waals surface area contributed by atoms with Crippen molar-refractivity contribution in [2.45, 2.75) is 13.3 Å². The van der Waals surface area contributed by atoms with Crippen molar-refractivity contribution >= 4 is 23.4 Å². The summed E-state index contributed by atoms with van der Waals surface area (Å²) in [5, 5.41) is 12.1. The first-order valence-electron chi connectivity index (χ1n) is 4.64. The molecule has 2 N–H and O–H groups in total. The molecule has 0 spiro atoms. The van der Waals surface area contributed by atoms with Crippen molar-refractivity contribution < 1.29 is 9.90 Å². The second-order valence-electron chi connectivity index (χ2n) is 3.14. The monoisotopic (exact) mass is 238 g/mol. The normalized spacial score (nSPS) is 9.56. The molecular formula is C11H11ClN2O2. The smallest absolute Gasteiger partial charge is 0.337 e. The van der Waals surface area contributed by atoms with Gasteiger partial charge in [-0.2, -0.15) is 0 Å². The van der Waals surface area contributed by atoms with Crippen molar-refractivity contribution in [3.05, 3.63) is 22.3 Å². The fourth-order valence-corrected chi connectivity index (χ4v) is 1.39. The van der Waals surface area contributed by atoms with Crippen LogP contribution in [0, 0.1) is 19.3 Å². The highest BCUT2D eigenvalue weighted by Crippen LogP contribution is 2.22. The van der Waals surface area contributed by atoms with Crippen LogP contribution in [0.25, 0.3) is 0 Å². The summed E-state index contributed by atoms with van der Waals surface area (Å²) in [5.41, 5.74) is 0.521. The van der Waals surface area contributed by atoms with Gasteiger partial charge < -0.3 is 10.4 Å². The summed E-state index contributed by atoms with van der Waals surface area (Å²) < 4.78 is 0. The Hall–Kier alpha value is -1.73. The van der Waals surface area contributed by atoms with E-state index >= 15 is 0 Å². The van der Waals surface area contributed by atoms with Crippen LogP contribution in [0.3, 0.4) is 0 Å². The zero-order valence-corrected chi connectivity index (χ0v) is 9.51. The van der Waals surface area contributed by atoms with Gasteiger partial charge in [-0.1, -0.05) is 11.6 Å². The number of carboxylic acids is 1. The van der Waals surface area contributed by atoms with E-state index in [9.17, 15) is 4.79 Å². The summed E-state index contributed by atoms with van der Waals surface area (Å²) in [6.07, 6.45) is 5.66. The molecule has 0 unspecified atom stereocenters. The molecule has 1 aromatic heterocycles. The molecule has 0 saturated carbocycles. The highest BCUT2D eigenvalue weighted by atomic mass is 35.5. The third kappa shape index (κ3) is 2.88. The van der Waals surface area contributed by atoms with Crippen LogP contribution in [-0.2, 0) is 0 Å². The highest BCUT2D eigenvalue weighted by molar-refractivity contribution is 6.33. The standard InChI is InChI=1S/C11H11ClN2O2/c1-3-4-5-13-10-9(12)6-8(11(15)16)7(2)14-10/h1,6H,4-5H2,2H3,(H,13,14)(H,15,16). The molecule has 5 heteroatoms. The number of nitrogens with one attached hydrogen (secondary N) is 1. The molecule has 0 amide bonds. The Morgan fingerprint density at radius 3 is 3.00 bits per heavy atom. The molecule has 4 nitrogen and oxygen atoms in total. The van der Waals surface area contributed by atoms with Gasteiger partial charge in [-0.05, 0) is 13.0 Å². The number of halogens is 1. The van der Waals surface area contributed by atoms with Gasteiger partial charge in [0.05, 0.1) is 16.3 Å². The molecule has 1 aromatic rings. The maximum absolute atomic E-state index is 10.8.